The van der Waals surface area contributed by atoms with Crippen molar-refractivity contribution in [2.24, 2.45) is 0 Å². The number of benzene rings is 1. The number of amides is 1. The molecule has 6 nitrogen and oxygen atoms in total. The summed E-state index contributed by atoms with van der Waals surface area (Å²) < 4.78 is 25.6. The topological polar surface area (TPSA) is 72.3 Å². The summed E-state index contributed by atoms with van der Waals surface area (Å²) >= 11 is 1.39. The van der Waals surface area contributed by atoms with Crippen LogP contribution in [0.1, 0.15) is 25.3 Å². The second kappa shape index (κ2) is 8.48. The zero-order valence-corrected chi connectivity index (χ0v) is 17.3. The van der Waals surface area contributed by atoms with Crippen molar-refractivity contribution < 1.29 is 13.2 Å². The molecule has 1 unspecified atom stereocenters. The second-order valence-electron chi connectivity index (χ2n) is 6.80. The number of para-hydroxylation sites is 1. The Hall–Kier alpha value is -1.80. The Morgan fingerprint density at radius 1 is 1.37 bits per heavy atom. The van der Waals surface area contributed by atoms with Crippen LogP contribution in [0, 0.1) is 6.92 Å². The minimum absolute atomic E-state index is 0.0247. The lowest BCUT2D eigenvalue weighted by Gasteiger charge is -2.27. The number of imidazole rings is 1. The number of nitrogens with zero attached hydrogens (tertiary/aromatic N) is 3. The first-order chi connectivity index (χ1) is 12.9. The minimum Gasteiger partial charge on any atom is -0.338 e. The fraction of sp³-hybridized carbons (Fsp3) is 0.474. The van der Waals surface area contributed by atoms with Crippen LogP contribution in [0.5, 0.6) is 0 Å². The number of carbonyl (C=O) groups is 1. The van der Waals surface area contributed by atoms with Crippen molar-refractivity contribution in [1.82, 2.24) is 14.5 Å². The van der Waals surface area contributed by atoms with Crippen LogP contribution in [-0.4, -0.2) is 58.6 Å². The molecule has 146 valence electrons. The Balaban J connectivity index is 1.70. The third-order valence-electron chi connectivity index (χ3n) is 4.74. The zero-order valence-electron chi connectivity index (χ0n) is 15.7. The molecule has 0 bridgehead atoms. The van der Waals surface area contributed by atoms with Crippen molar-refractivity contribution in [2.45, 2.75) is 37.9 Å². The van der Waals surface area contributed by atoms with Crippen LogP contribution < -0.4 is 0 Å². The summed E-state index contributed by atoms with van der Waals surface area (Å²) in [6, 6.07) is 7.84. The summed E-state index contributed by atoms with van der Waals surface area (Å²) in [7, 11) is -3.02. The summed E-state index contributed by atoms with van der Waals surface area (Å²) in [5, 5.41) is 0.758. The van der Waals surface area contributed by atoms with E-state index < -0.39 is 9.84 Å². The van der Waals surface area contributed by atoms with E-state index in [0.717, 1.165) is 22.8 Å². The Labute approximate surface area is 164 Å². The van der Waals surface area contributed by atoms with Gasteiger partial charge in [0.1, 0.15) is 0 Å². The van der Waals surface area contributed by atoms with Gasteiger partial charge in [-0.25, -0.2) is 13.4 Å². The average Bonchev–Trinajstić information content (AvgIpc) is 3.24. The van der Waals surface area contributed by atoms with Gasteiger partial charge in [-0.2, -0.15) is 0 Å². The summed E-state index contributed by atoms with van der Waals surface area (Å²) in [4.78, 5) is 19.0. The number of hydrogen-bond donors (Lipinski definition) is 0. The minimum atomic E-state index is -3.02. The highest BCUT2D eigenvalue weighted by atomic mass is 32.2. The first kappa shape index (κ1) is 19.9. The smallest absolute Gasteiger partial charge is 0.233 e. The van der Waals surface area contributed by atoms with Gasteiger partial charge in [-0.3, -0.25) is 9.36 Å². The quantitative estimate of drug-likeness (QED) is 0.660. The van der Waals surface area contributed by atoms with Crippen LogP contribution >= 0.6 is 11.8 Å². The fourth-order valence-corrected chi connectivity index (χ4v) is 5.98. The van der Waals surface area contributed by atoms with Crippen molar-refractivity contribution in [3.05, 3.63) is 42.2 Å². The van der Waals surface area contributed by atoms with Crippen LogP contribution in [-0.2, 0) is 14.6 Å². The van der Waals surface area contributed by atoms with Crippen molar-refractivity contribution in [1.29, 1.82) is 0 Å². The van der Waals surface area contributed by atoms with Gasteiger partial charge in [0.05, 0.1) is 22.9 Å². The molecule has 1 aliphatic rings. The molecule has 8 heteroatoms. The standard InChI is InChI=1S/C19H25N3O3S2/c1-3-10-21(16-8-12-27(24,25)14-16)18(23)13-26-19-20-9-11-22(19)17-7-5-4-6-15(17)2/h4-7,9,11,16H,3,8,10,12-14H2,1-2H3. The van der Waals surface area contributed by atoms with Crippen LogP contribution in [0.25, 0.3) is 5.69 Å². The zero-order chi connectivity index (χ0) is 19.4. The lowest BCUT2D eigenvalue weighted by Crippen LogP contribution is -2.42. The Kier molecular flexibility index (Phi) is 6.26. The molecule has 1 atom stereocenters. The molecule has 0 aliphatic carbocycles. The normalized spacial score (nSPS) is 18.5. The van der Waals surface area contributed by atoms with Crippen LogP contribution in [0.15, 0.2) is 41.8 Å². The van der Waals surface area contributed by atoms with Crippen LogP contribution in [0.3, 0.4) is 0 Å². The van der Waals surface area contributed by atoms with Gasteiger partial charge in [0.2, 0.25) is 5.91 Å². The highest BCUT2D eigenvalue weighted by molar-refractivity contribution is 7.99. The highest BCUT2D eigenvalue weighted by Crippen LogP contribution is 2.24. The first-order valence-corrected chi connectivity index (χ1v) is 11.9. The molecule has 0 N–H and O–H groups in total. The molecule has 0 radical (unpaired) electrons. The number of rotatable bonds is 7. The molecule has 3 rings (SSSR count). The van der Waals surface area contributed by atoms with E-state index in [1.54, 1.807) is 11.1 Å². The molecular formula is C19H25N3O3S2. The van der Waals surface area contributed by atoms with E-state index in [4.69, 9.17) is 0 Å². The van der Waals surface area contributed by atoms with Gasteiger partial charge in [0.15, 0.2) is 15.0 Å². The van der Waals surface area contributed by atoms with E-state index in [2.05, 4.69) is 4.98 Å². The third-order valence-corrected chi connectivity index (χ3v) is 7.44. The molecule has 1 saturated heterocycles. The van der Waals surface area contributed by atoms with Crippen molar-refractivity contribution in [3.63, 3.8) is 0 Å². The number of carbonyl (C=O) groups excluding carboxylic acids is 1. The number of aryl methyl sites for hydroxylation is 1. The van der Waals surface area contributed by atoms with E-state index in [-0.39, 0.29) is 29.2 Å². The molecule has 0 saturated carbocycles. The number of hydrogen-bond acceptors (Lipinski definition) is 5. The predicted octanol–water partition coefficient (Wildman–Crippen LogP) is 2.70. The fourth-order valence-electron chi connectivity index (χ4n) is 3.40. The molecule has 1 aliphatic heterocycles. The first-order valence-electron chi connectivity index (χ1n) is 9.13. The van der Waals surface area contributed by atoms with Gasteiger partial charge in [-0.15, -0.1) is 0 Å². The maximum Gasteiger partial charge on any atom is 0.233 e. The van der Waals surface area contributed by atoms with Crippen LogP contribution in [0.2, 0.25) is 0 Å². The van der Waals surface area contributed by atoms with Gasteiger partial charge in [-0.1, -0.05) is 36.9 Å². The monoisotopic (exact) mass is 407 g/mol. The SMILES string of the molecule is CCCN(C(=O)CSc1nccn1-c1ccccc1C)C1CCS(=O)(=O)C1. The number of aromatic nitrogens is 2. The number of thioether (sulfide) groups is 1. The maximum atomic E-state index is 12.8. The lowest BCUT2D eigenvalue weighted by atomic mass is 10.2. The Morgan fingerprint density at radius 3 is 2.81 bits per heavy atom. The summed E-state index contributed by atoms with van der Waals surface area (Å²) in [5.74, 6) is 0.486. The molecule has 1 amide bonds. The van der Waals surface area contributed by atoms with E-state index >= 15 is 0 Å². The molecule has 2 heterocycles. The van der Waals surface area contributed by atoms with Gasteiger partial charge in [0, 0.05) is 25.0 Å². The third kappa shape index (κ3) is 4.73. The van der Waals surface area contributed by atoms with Crippen molar-refractivity contribution in [2.75, 3.05) is 23.8 Å². The largest absolute Gasteiger partial charge is 0.338 e. The van der Waals surface area contributed by atoms with Crippen LogP contribution in [0.4, 0.5) is 0 Å². The van der Waals surface area contributed by atoms with Gasteiger partial charge in [-0.05, 0) is 31.4 Å². The van der Waals surface area contributed by atoms with E-state index in [1.165, 1.54) is 11.8 Å². The molecule has 1 aromatic carbocycles. The molecule has 27 heavy (non-hydrogen) atoms. The molecule has 1 aromatic heterocycles. The van der Waals surface area contributed by atoms with E-state index in [1.807, 2.05) is 48.9 Å². The van der Waals surface area contributed by atoms with Gasteiger partial charge >= 0.3 is 0 Å². The van der Waals surface area contributed by atoms with Gasteiger partial charge in [0.25, 0.3) is 0 Å². The second-order valence-corrected chi connectivity index (χ2v) is 9.97. The molecule has 1 fully saturated rings. The molecule has 2 aromatic rings. The maximum absolute atomic E-state index is 12.8. The Morgan fingerprint density at radius 2 is 2.15 bits per heavy atom. The summed E-state index contributed by atoms with van der Waals surface area (Å²) in [6.07, 6.45) is 4.97. The van der Waals surface area contributed by atoms with Crippen molar-refractivity contribution >= 4 is 27.5 Å². The molecular weight excluding hydrogens is 382 g/mol. The van der Waals surface area contributed by atoms with E-state index in [9.17, 15) is 13.2 Å². The lowest BCUT2D eigenvalue weighted by molar-refractivity contribution is -0.130. The van der Waals surface area contributed by atoms with Gasteiger partial charge < -0.3 is 4.90 Å². The molecule has 0 spiro atoms. The Bertz CT molecular complexity index is 908. The summed E-state index contributed by atoms with van der Waals surface area (Å²) in [5.41, 5.74) is 2.17. The van der Waals surface area contributed by atoms with E-state index in [0.29, 0.717) is 13.0 Å². The highest BCUT2D eigenvalue weighted by Gasteiger charge is 2.34. The number of sulfone groups is 1. The predicted molar refractivity (Wildman–Crippen MR) is 108 cm³/mol. The summed E-state index contributed by atoms with van der Waals surface area (Å²) in [6.45, 7) is 4.63. The average molecular weight is 408 g/mol. The van der Waals surface area contributed by atoms with Crippen molar-refractivity contribution in [3.8, 4) is 5.69 Å².